The second kappa shape index (κ2) is 5.30. The molecule has 0 heterocycles. The molecule has 0 aliphatic rings. The molecule has 0 bridgehead atoms. The van der Waals surface area contributed by atoms with Crippen molar-refractivity contribution in [1.82, 2.24) is 0 Å². The molecule has 0 saturated heterocycles. The highest BCUT2D eigenvalue weighted by Gasteiger charge is 2.07. The van der Waals surface area contributed by atoms with E-state index in [0.717, 1.165) is 17.5 Å². The SMILES string of the molecule is CCc1cccc(/C(=N\O)c2ccccc2)c1. The van der Waals surface area contributed by atoms with E-state index in [1.165, 1.54) is 5.56 Å². The number of benzene rings is 2. The Labute approximate surface area is 101 Å². The summed E-state index contributed by atoms with van der Waals surface area (Å²) in [5.74, 6) is 0. The number of rotatable bonds is 3. The maximum absolute atomic E-state index is 9.18. The van der Waals surface area contributed by atoms with Gasteiger partial charge in [-0.15, -0.1) is 0 Å². The third-order valence-electron chi connectivity index (χ3n) is 2.76. The Bertz CT molecular complexity index is 517. The van der Waals surface area contributed by atoms with Crippen LogP contribution in [0.25, 0.3) is 0 Å². The van der Waals surface area contributed by atoms with Crippen LogP contribution in [0.4, 0.5) is 0 Å². The lowest BCUT2D eigenvalue weighted by molar-refractivity contribution is 0.319. The first-order valence-electron chi connectivity index (χ1n) is 5.72. The van der Waals surface area contributed by atoms with Gasteiger partial charge in [-0.05, 0) is 18.1 Å². The molecule has 2 nitrogen and oxygen atoms in total. The Hall–Kier alpha value is -2.09. The molecule has 0 spiro atoms. The van der Waals surface area contributed by atoms with Crippen LogP contribution >= 0.6 is 0 Å². The molecule has 86 valence electrons. The largest absolute Gasteiger partial charge is 0.410 e. The number of aryl methyl sites for hydroxylation is 1. The molecule has 2 aromatic rings. The van der Waals surface area contributed by atoms with Crippen molar-refractivity contribution in [2.24, 2.45) is 5.16 Å². The summed E-state index contributed by atoms with van der Waals surface area (Å²) in [6, 6.07) is 17.8. The van der Waals surface area contributed by atoms with Gasteiger partial charge < -0.3 is 5.21 Å². The lowest BCUT2D eigenvalue weighted by Crippen LogP contribution is -2.03. The van der Waals surface area contributed by atoms with Gasteiger partial charge in [0.05, 0.1) is 0 Å². The van der Waals surface area contributed by atoms with Gasteiger partial charge in [-0.2, -0.15) is 0 Å². The van der Waals surface area contributed by atoms with Crippen LogP contribution in [0.2, 0.25) is 0 Å². The Morgan fingerprint density at radius 1 is 1.00 bits per heavy atom. The maximum atomic E-state index is 9.18. The Balaban J connectivity index is 2.43. The van der Waals surface area contributed by atoms with E-state index < -0.39 is 0 Å². The summed E-state index contributed by atoms with van der Waals surface area (Å²) >= 11 is 0. The van der Waals surface area contributed by atoms with Gasteiger partial charge in [0.2, 0.25) is 0 Å². The average Bonchev–Trinajstić information content (AvgIpc) is 2.41. The molecule has 0 atom stereocenters. The monoisotopic (exact) mass is 225 g/mol. The molecule has 1 N–H and O–H groups in total. The van der Waals surface area contributed by atoms with E-state index in [2.05, 4.69) is 24.2 Å². The molecule has 0 aromatic heterocycles. The summed E-state index contributed by atoms with van der Waals surface area (Å²) in [5, 5.41) is 12.6. The molecule has 0 aliphatic heterocycles. The summed E-state index contributed by atoms with van der Waals surface area (Å²) in [6.45, 7) is 2.11. The summed E-state index contributed by atoms with van der Waals surface area (Å²) in [7, 11) is 0. The fourth-order valence-electron chi connectivity index (χ4n) is 1.82. The molecular formula is C15H15NO. The van der Waals surface area contributed by atoms with Crippen molar-refractivity contribution in [2.75, 3.05) is 0 Å². The van der Waals surface area contributed by atoms with Crippen molar-refractivity contribution in [3.63, 3.8) is 0 Å². The van der Waals surface area contributed by atoms with E-state index in [9.17, 15) is 5.21 Å². The zero-order valence-electron chi connectivity index (χ0n) is 9.80. The zero-order chi connectivity index (χ0) is 12.1. The highest BCUT2D eigenvalue weighted by molar-refractivity contribution is 6.12. The molecule has 2 rings (SSSR count). The van der Waals surface area contributed by atoms with Crippen LogP contribution < -0.4 is 0 Å². The second-order valence-corrected chi connectivity index (χ2v) is 3.87. The van der Waals surface area contributed by atoms with Gasteiger partial charge in [0.1, 0.15) is 5.71 Å². The van der Waals surface area contributed by atoms with E-state index in [0.29, 0.717) is 5.71 Å². The van der Waals surface area contributed by atoms with Gasteiger partial charge in [0.15, 0.2) is 0 Å². The van der Waals surface area contributed by atoms with Crippen molar-refractivity contribution in [3.8, 4) is 0 Å². The molecule has 0 fully saturated rings. The van der Waals surface area contributed by atoms with Crippen LogP contribution in [0, 0.1) is 0 Å². The molecular weight excluding hydrogens is 210 g/mol. The van der Waals surface area contributed by atoms with Crippen LogP contribution in [-0.4, -0.2) is 10.9 Å². The van der Waals surface area contributed by atoms with Gasteiger partial charge in [0, 0.05) is 11.1 Å². The predicted octanol–water partition coefficient (Wildman–Crippen LogP) is 3.48. The van der Waals surface area contributed by atoms with Crippen molar-refractivity contribution < 1.29 is 5.21 Å². The quantitative estimate of drug-likeness (QED) is 0.484. The smallest absolute Gasteiger partial charge is 0.117 e. The normalized spacial score (nSPS) is 11.5. The summed E-state index contributed by atoms with van der Waals surface area (Å²) < 4.78 is 0. The first-order chi connectivity index (χ1) is 8.35. The summed E-state index contributed by atoms with van der Waals surface area (Å²) in [5.41, 5.74) is 3.71. The number of hydrogen-bond acceptors (Lipinski definition) is 2. The molecule has 0 unspecified atom stereocenters. The summed E-state index contributed by atoms with van der Waals surface area (Å²) in [4.78, 5) is 0. The van der Waals surface area contributed by atoms with Crippen molar-refractivity contribution in [2.45, 2.75) is 13.3 Å². The average molecular weight is 225 g/mol. The van der Waals surface area contributed by atoms with Crippen molar-refractivity contribution in [3.05, 3.63) is 71.3 Å². The van der Waals surface area contributed by atoms with Crippen LogP contribution in [0.1, 0.15) is 23.6 Å². The van der Waals surface area contributed by atoms with Gasteiger partial charge in [-0.1, -0.05) is 60.6 Å². The van der Waals surface area contributed by atoms with E-state index in [1.54, 1.807) is 0 Å². The lowest BCUT2D eigenvalue weighted by atomic mass is 10.00. The highest BCUT2D eigenvalue weighted by atomic mass is 16.4. The minimum absolute atomic E-state index is 0.612. The summed E-state index contributed by atoms with van der Waals surface area (Å²) in [6.07, 6.45) is 0.974. The van der Waals surface area contributed by atoms with Crippen LogP contribution in [0.5, 0.6) is 0 Å². The van der Waals surface area contributed by atoms with Gasteiger partial charge in [-0.25, -0.2) is 0 Å². The van der Waals surface area contributed by atoms with E-state index in [4.69, 9.17) is 0 Å². The Morgan fingerprint density at radius 3 is 2.35 bits per heavy atom. The van der Waals surface area contributed by atoms with Crippen LogP contribution in [0.3, 0.4) is 0 Å². The van der Waals surface area contributed by atoms with E-state index in [-0.39, 0.29) is 0 Å². The molecule has 0 amide bonds. The molecule has 0 aliphatic carbocycles. The molecule has 0 radical (unpaired) electrons. The second-order valence-electron chi connectivity index (χ2n) is 3.87. The van der Waals surface area contributed by atoms with Crippen molar-refractivity contribution in [1.29, 1.82) is 0 Å². The number of nitrogens with zero attached hydrogens (tertiary/aromatic N) is 1. The first kappa shape index (κ1) is 11.4. The van der Waals surface area contributed by atoms with E-state index in [1.807, 2.05) is 42.5 Å². The Morgan fingerprint density at radius 2 is 1.71 bits per heavy atom. The zero-order valence-corrected chi connectivity index (χ0v) is 9.80. The van der Waals surface area contributed by atoms with Crippen molar-refractivity contribution >= 4 is 5.71 Å². The highest BCUT2D eigenvalue weighted by Crippen LogP contribution is 2.13. The van der Waals surface area contributed by atoms with Gasteiger partial charge in [0.25, 0.3) is 0 Å². The third kappa shape index (κ3) is 2.53. The molecule has 2 aromatic carbocycles. The standard InChI is InChI=1S/C15H15NO/c1-2-12-7-6-10-14(11-12)15(16-17)13-8-4-3-5-9-13/h3-11,17H,2H2,1H3/b16-15-. The number of hydrogen-bond donors (Lipinski definition) is 1. The minimum Gasteiger partial charge on any atom is -0.410 e. The van der Waals surface area contributed by atoms with Gasteiger partial charge >= 0.3 is 0 Å². The third-order valence-corrected chi connectivity index (χ3v) is 2.76. The van der Waals surface area contributed by atoms with Crippen LogP contribution in [0.15, 0.2) is 59.8 Å². The van der Waals surface area contributed by atoms with Gasteiger partial charge in [-0.3, -0.25) is 0 Å². The fraction of sp³-hybridized carbons (Fsp3) is 0.133. The minimum atomic E-state index is 0.612. The topological polar surface area (TPSA) is 32.6 Å². The molecule has 17 heavy (non-hydrogen) atoms. The molecule has 0 saturated carbocycles. The predicted molar refractivity (Wildman–Crippen MR) is 69.7 cm³/mol. The molecule has 2 heteroatoms. The fourth-order valence-corrected chi connectivity index (χ4v) is 1.82. The van der Waals surface area contributed by atoms with E-state index >= 15 is 0 Å². The lowest BCUT2D eigenvalue weighted by Gasteiger charge is -2.06. The first-order valence-corrected chi connectivity index (χ1v) is 5.72. The van der Waals surface area contributed by atoms with Crippen LogP contribution in [-0.2, 0) is 6.42 Å². The maximum Gasteiger partial charge on any atom is 0.117 e. The number of oxime groups is 1. The Kier molecular flexibility index (Phi) is 3.55.